The van der Waals surface area contributed by atoms with Crippen molar-refractivity contribution in [3.05, 3.63) is 54.1 Å². The maximum absolute atomic E-state index is 11.7. The molecule has 0 saturated heterocycles. The minimum Gasteiger partial charge on any atom is -0.497 e. The van der Waals surface area contributed by atoms with Crippen LogP contribution in [0.1, 0.15) is 5.56 Å². The van der Waals surface area contributed by atoms with Crippen molar-refractivity contribution in [1.82, 2.24) is 5.32 Å². The highest BCUT2D eigenvalue weighted by Crippen LogP contribution is 2.18. The van der Waals surface area contributed by atoms with E-state index in [9.17, 15) is 4.79 Å². The lowest BCUT2D eigenvalue weighted by Gasteiger charge is -2.10. The number of amides is 2. The lowest BCUT2D eigenvalue weighted by molar-refractivity contribution is 0.247. The average Bonchev–Trinajstić information content (AvgIpc) is 2.59. The van der Waals surface area contributed by atoms with Gasteiger partial charge in [-0.3, -0.25) is 0 Å². The first-order chi connectivity index (χ1) is 11.2. The molecule has 118 valence electrons. The Morgan fingerprint density at radius 3 is 2.61 bits per heavy atom. The van der Waals surface area contributed by atoms with Gasteiger partial charge in [-0.25, -0.2) is 4.79 Å². The molecule has 0 bridgehead atoms. The maximum Gasteiger partial charge on any atom is 0.319 e. The fraction of sp³-hybridized carbons (Fsp3) is 0.176. The molecule has 0 atom stereocenters. The van der Waals surface area contributed by atoms with Crippen LogP contribution in [-0.4, -0.2) is 26.3 Å². The van der Waals surface area contributed by atoms with Gasteiger partial charge in [-0.1, -0.05) is 6.07 Å². The number of carbonyl (C=O) groups excluding carboxylic acids is 1. The molecule has 0 unspecified atom stereocenters. The summed E-state index contributed by atoms with van der Waals surface area (Å²) in [5.74, 6) is 1.40. The smallest absolute Gasteiger partial charge is 0.319 e. The number of benzene rings is 2. The zero-order valence-electron chi connectivity index (χ0n) is 12.7. The summed E-state index contributed by atoms with van der Waals surface area (Å²) >= 11 is 0. The van der Waals surface area contributed by atoms with Crippen molar-refractivity contribution < 1.29 is 14.3 Å². The quantitative estimate of drug-likeness (QED) is 0.804. The molecule has 2 aromatic rings. The highest BCUT2D eigenvalue weighted by Gasteiger charge is 2.02. The lowest BCUT2D eigenvalue weighted by atomic mass is 10.2. The van der Waals surface area contributed by atoms with Crippen LogP contribution < -0.4 is 20.1 Å². The monoisotopic (exact) mass is 311 g/mol. The first-order valence-corrected chi connectivity index (χ1v) is 7.03. The summed E-state index contributed by atoms with van der Waals surface area (Å²) in [6.45, 7) is 0.702. The number of hydrogen-bond donors (Lipinski definition) is 2. The molecule has 0 aliphatic heterocycles. The highest BCUT2D eigenvalue weighted by atomic mass is 16.5. The van der Waals surface area contributed by atoms with E-state index >= 15 is 0 Å². The third-order valence-electron chi connectivity index (χ3n) is 2.97. The van der Waals surface area contributed by atoms with Crippen LogP contribution in [0.25, 0.3) is 0 Å². The van der Waals surface area contributed by atoms with Crippen LogP contribution >= 0.6 is 0 Å². The van der Waals surface area contributed by atoms with Gasteiger partial charge in [0.25, 0.3) is 0 Å². The first-order valence-electron chi connectivity index (χ1n) is 7.03. The second-order valence-electron chi connectivity index (χ2n) is 4.60. The first kappa shape index (κ1) is 16.2. The summed E-state index contributed by atoms with van der Waals surface area (Å²) in [5.41, 5.74) is 1.16. The van der Waals surface area contributed by atoms with Gasteiger partial charge in [0.15, 0.2) is 0 Å². The number of nitriles is 1. The van der Waals surface area contributed by atoms with Crippen molar-refractivity contribution in [2.75, 3.05) is 25.6 Å². The highest BCUT2D eigenvalue weighted by molar-refractivity contribution is 5.89. The zero-order valence-corrected chi connectivity index (χ0v) is 12.7. The van der Waals surface area contributed by atoms with Gasteiger partial charge in [0.1, 0.15) is 18.1 Å². The van der Waals surface area contributed by atoms with Crippen molar-refractivity contribution in [2.45, 2.75) is 0 Å². The largest absolute Gasteiger partial charge is 0.497 e. The fourth-order valence-electron chi connectivity index (χ4n) is 1.83. The summed E-state index contributed by atoms with van der Waals surface area (Å²) in [4.78, 5) is 11.7. The van der Waals surface area contributed by atoms with E-state index in [1.165, 1.54) is 0 Å². The number of ether oxygens (including phenoxy) is 2. The van der Waals surface area contributed by atoms with Crippen molar-refractivity contribution in [2.24, 2.45) is 0 Å². The van der Waals surface area contributed by atoms with Crippen LogP contribution in [0.3, 0.4) is 0 Å². The third kappa shape index (κ3) is 5.25. The van der Waals surface area contributed by atoms with Gasteiger partial charge >= 0.3 is 6.03 Å². The molecule has 0 heterocycles. The van der Waals surface area contributed by atoms with E-state index in [2.05, 4.69) is 10.6 Å². The summed E-state index contributed by atoms with van der Waals surface area (Å²) in [6, 6.07) is 15.6. The Morgan fingerprint density at radius 1 is 1.17 bits per heavy atom. The molecular formula is C17H17N3O3. The number of hydrogen-bond acceptors (Lipinski definition) is 4. The Kier molecular flexibility index (Phi) is 5.83. The lowest BCUT2D eigenvalue weighted by Crippen LogP contribution is -2.32. The van der Waals surface area contributed by atoms with E-state index in [0.717, 1.165) is 0 Å². The summed E-state index contributed by atoms with van der Waals surface area (Å²) in [5, 5.41) is 14.1. The van der Waals surface area contributed by atoms with Crippen LogP contribution in [0.15, 0.2) is 48.5 Å². The number of carbonyl (C=O) groups is 1. The van der Waals surface area contributed by atoms with Crippen molar-refractivity contribution in [3.8, 4) is 17.6 Å². The fourth-order valence-corrected chi connectivity index (χ4v) is 1.83. The van der Waals surface area contributed by atoms with Crippen LogP contribution in [-0.2, 0) is 0 Å². The molecule has 0 saturated carbocycles. The third-order valence-corrected chi connectivity index (χ3v) is 2.97. The zero-order chi connectivity index (χ0) is 16.5. The number of anilines is 1. The molecule has 23 heavy (non-hydrogen) atoms. The van der Waals surface area contributed by atoms with Gasteiger partial charge in [-0.15, -0.1) is 0 Å². The maximum atomic E-state index is 11.7. The van der Waals surface area contributed by atoms with E-state index in [0.29, 0.717) is 35.9 Å². The van der Waals surface area contributed by atoms with Crippen molar-refractivity contribution >= 4 is 11.7 Å². The van der Waals surface area contributed by atoms with Crippen LogP contribution in [0.4, 0.5) is 10.5 Å². The Bertz CT molecular complexity index is 693. The molecule has 0 aromatic heterocycles. The second kappa shape index (κ2) is 8.29. The molecule has 6 nitrogen and oxygen atoms in total. The van der Waals surface area contributed by atoms with E-state index in [1.807, 2.05) is 24.3 Å². The van der Waals surface area contributed by atoms with Crippen LogP contribution in [0, 0.1) is 11.3 Å². The summed E-state index contributed by atoms with van der Waals surface area (Å²) in [6.07, 6.45) is 0. The number of urea groups is 1. The number of nitrogens with zero attached hydrogens (tertiary/aromatic N) is 1. The normalized spacial score (nSPS) is 9.57. The molecule has 0 spiro atoms. The summed E-state index contributed by atoms with van der Waals surface area (Å²) < 4.78 is 10.6. The van der Waals surface area contributed by atoms with Gasteiger partial charge in [0.2, 0.25) is 0 Å². The number of rotatable bonds is 6. The molecule has 2 N–H and O–H groups in total. The van der Waals surface area contributed by atoms with E-state index in [-0.39, 0.29) is 6.03 Å². The Balaban J connectivity index is 1.71. The molecule has 0 fully saturated rings. The van der Waals surface area contributed by atoms with E-state index in [4.69, 9.17) is 14.7 Å². The SMILES string of the molecule is COc1cccc(OCCNC(=O)Nc2ccc(C#N)cc2)c1. The predicted molar refractivity (Wildman–Crippen MR) is 86.7 cm³/mol. The van der Waals surface area contributed by atoms with Crippen molar-refractivity contribution in [1.29, 1.82) is 5.26 Å². The molecule has 2 rings (SSSR count). The Hall–Kier alpha value is -3.20. The molecule has 2 aromatic carbocycles. The van der Waals surface area contributed by atoms with Gasteiger partial charge in [0.05, 0.1) is 25.3 Å². The Labute approximate surface area is 134 Å². The van der Waals surface area contributed by atoms with Gasteiger partial charge < -0.3 is 20.1 Å². The standard InChI is InChI=1S/C17H17N3O3/c1-22-15-3-2-4-16(11-15)23-10-9-19-17(21)20-14-7-5-13(12-18)6-8-14/h2-8,11H,9-10H2,1H3,(H2,19,20,21). The molecule has 0 radical (unpaired) electrons. The topological polar surface area (TPSA) is 83.4 Å². The molecule has 2 amide bonds. The van der Waals surface area contributed by atoms with E-state index < -0.39 is 0 Å². The van der Waals surface area contributed by atoms with Gasteiger partial charge in [-0.2, -0.15) is 5.26 Å². The second-order valence-corrected chi connectivity index (χ2v) is 4.60. The van der Waals surface area contributed by atoms with Crippen LogP contribution in [0.2, 0.25) is 0 Å². The van der Waals surface area contributed by atoms with Gasteiger partial charge in [0, 0.05) is 11.8 Å². The average molecular weight is 311 g/mol. The minimum absolute atomic E-state index is 0.330. The molecular weight excluding hydrogens is 294 g/mol. The number of nitrogens with one attached hydrogen (secondary N) is 2. The Morgan fingerprint density at radius 2 is 1.91 bits per heavy atom. The van der Waals surface area contributed by atoms with E-state index in [1.54, 1.807) is 37.4 Å². The summed E-state index contributed by atoms with van der Waals surface area (Å²) in [7, 11) is 1.59. The van der Waals surface area contributed by atoms with Crippen molar-refractivity contribution in [3.63, 3.8) is 0 Å². The molecule has 6 heteroatoms. The molecule has 0 aliphatic carbocycles. The predicted octanol–water partition coefficient (Wildman–Crippen LogP) is 2.77. The van der Waals surface area contributed by atoms with Gasteiger partial charge in [-0.05, 0) is 36.4 Å². The molecule has 0 aliphatic rings. The minimum atomic E-state index is -0.330. The number of methoxy groups -OCH3 is 1. The van der Waals surface area contributed by atoms with Crippen LogP contribution in [0.5, 0.6) is 11.5 Å².